The molecule has 0 spiro atoms. The van der Waals surface area contributed by atoms with Gasteiger partial charge < -0.3 is 20.1 Å². The Bertz CT molecular complexity index is 950. The molecule has 1 aliphatic rings. The van der Waals surface area contributed by atoms with E-state index in [1.165, 1.54) is 6.07 Å². The summed E-state index contributed by atoms with van der Waals surface area (Å²) in [5.74, 6) is 0. The molecule has 10 heteroatoms. The molecule has 2 atom stereocenters. The summed E-state index contributed by atoms with van der Waals surface area (Å²) in [6.45, 7) is 8.42. The number of aliphatic hydroxyl groups is 1. The standard InChI is InChI=1S/C21H31N5O5/c1-14(27)12-25-18-10-17(19(26(29)30)9-15(18)11-22-25)23-16-7-5-6-8-24(13-16)20(28)31-21(2,3)4/h9-11,14,16,23,27H,5-8,12-13H2,1-4H3/t14-,16+/m0/s1. The number of benzene rings is 1. The maximum Gasteiger partial charge on any atom is 0.410 e. The average molecular weight is 434 g/mol. The smallest absolute Gasteiger partial charge is 0.410 e. The summed E-state index contributed by atoms with van der Waals surface area (Å²) >= 11 is 0. The van der Waals surface area contributed by atoms with Crippen LogP contribution in [0.2, 0.25) is 0 Å². The van der Waals surface area contributed by atoms with Gasteiger partial charge in [0.15, 0.2) is 0 Å². The van der Waals surface area contributed by atoms with Crippen LogP contribution in [-0.2, 0) is 11.3 Å². The first-order valence-electron chi connectivity index (χ1n) is 10.6. The SMILES string of the molecule is C[C@H](O)Cn1ncc2cc([N+](=O)[O-])c(N[C@@H]3CCCCN(C(=O)OC(C)(C)C)C3)cc21. The zero-order chi connectivity index (χ0) is 22.8. The number of hydrogen-bond donors (Lipinski definition) is 2. The van der Waals surface area contributed by atoms with E-state index in [9.17, 15) is 20.0 Å². The third-order valence-electron chi connectivity index (χ3n) is 5.08. The number of carbonyl (C=O) groups excluding carboxylic acids is 1. The van der Waals surface area contributed by atoms with Crippen LogP contribution in [0.1, 0.15) is 47.0 Å². The third kappa shape index (κ3) is 5.84. The second-order valence-corrected chi connectivity index (χ2v) is 9.12. The Hall–Kier alpha value is -2.88. The van der Waals surface area contributed by atoms with Crippen LogP contribution in [-0.4, -0.2) is 61.6 Å². The highest BCUT2D eigenvalue weighted by molar-refractivity contribution is 5.87. The molecular formula is C21H31N5O5. The number of nitrogens with zero attached hydrogens (tertiary/aromatic N) is 4. The van der Waals surface area contributed by atoms with E-state index in [1.54, 1.807) is 28.8 Å². The van der Waals surface area contributed by atoms with Crippen molar-refractivity contribution in [3.8, 4) is 0 Å². The zero-order valence-corrected chi connectivity index (χ0v) is 18.5. The van der Waals surface area contributed by atoms with Crippen molar-refractivity contribution in [2.24, 2.45) is 0 Å². The van der Waals surface area contributed by atoms with Crippen LogP contribution in [0.15, 0.2) is 18.3 Å². The summed E-state index contributed by atoms with van der Waals surface area (Å²) in [5, 5.41) is 29.6. The molecule has 0 aliphatic carbocycles. The molecule has 31 heavy (non-hydrogen) atoms. The van der Waals surface area contributed by atoms with Crippen LogP contribution < -0.4 is 5.32 Å². The molecule has 10 nitrogen and oxygen atoms in total. The fraction of sp³-hybridized carbons (Fsp3) is 0.619. The lowest BCUT2D eigenvalue weighted by atomic mass is 10.1. The van der Waals surface area contributed by atoms with Crippen LogP contribution in [0.5, 0.6) is 0 Å². The molecule has 2 aromatic rings. The Balaban J connectivity index is 1.86. The van der Waals surface area contributed by atoms with Gasteiger partial charge in [-0.1, -0.05) is 0 Å². The topological polar surface area (TPSA) is 123 Å². The Labute approximate surface area is 181 Å². The van der Waals surface area contributed by atoms with Crippen LogP contribution in [0.3, 0.4) is 0 Å². The third-order valence-corrected chi connectivity index (χ3v) is 5.08. The summed E-state index contributed by atoms with van der Waals surface area (Å²) in [4.78, 5) is 25.5. The van der Waals surface area contributed by atoms with E-state index in [0.29, 0.717) is 29.7 Å². The molecule has 1 fully saturated rings. The lowest BCUT2D eigenvalue weighted by molar-refractivity contribution is -0.383. The van der Waals surface area contributed by atoms with Crippen LogP contribution in [0.25, 0.3) is 10.9 Å². The average Bonchev–Trinajstić information content (AvgIpc) is 2.87. The number of aromatic nitrogens is 2. The summed E-state index contributed by atoms with van der Waals surface area (Å²) in [7, 11) is 0. The number of nitrogens with one attached hydrogen (secondary N) is 1. The van der Waals surface area contributed by atoms with Gasteiger partial charge in [-0.3, -0.25) is 14.8 Å². The highest BCUT2D eigenvalue weighted by Gasteiger charge is 2.28. The number of ether oxygens (including phenoxy) is 1. The normalized spacial score (nSPS) is 18.5. The predicted molar refractivity (Wildman–Crippen MR) is 117 cm³/mol. The van der Waals surface area contributed by atoms with Crippen molar-refractivity contribution in [3.63, 3.8) is 0 Å². The predicted octanol–water partition coefficient (Wildman–Crippen LogP) is 3.53. The number of nitro groups is 1. The summed E-state index contributed by atoms with van der Waals surface area (Å²) < 4.78 is 7.14. The van der Waals surface area contributed by atoms with E-state index in [0.717, 1.165) is 19.3 Å². The molecule has 1 aliphatic heterocycles. The number of anilines is 1. The first-order valence-corrected chi connectivity index (χ1v) is 10.6. The van der Waals surface area contributed by atoms with E-state index in [2.05, 4.69) is 10.4 Å². The van der Waals surface area contributed by atoms with Gasteiger partial charge >= 0.3 is 6.09 Å². The van der Waals surface area contributed by atoms with E-state index in [4.69, 9.17) is 4.74 Å². The fourth-order valence-electron chi connectivity index (χ4n) is 3.75. The molecule has 1 aromatic heterocycles. The van der Waals surface area contributed by atoms with E-state index in [-0.39, 0.29) is 24.4 Å². The largest absolute Gasteiger partial charge is 0.444 e. The van der Waals surface area contributed by atoms with Crippen molar-refractivity contribution < 1.29 is 19.6 Å². The number of carbonyl (C=O) groups is 1. The van der Waals surface area contributed by atoms with Gasteiger partial charge in [0.05, 0.1) is 29.3 Å². The number of hydrogen-bond acceptors (Lipinski definition) is 7. The van der Waals surface area contributed by atoms with E-state index < -0.39 is 16.6 Å². The maximum absolute atomic E-state index is 12.6. The Kier molecular flexibility index (Phi) is 6.68. The zero-order valence-electron chi connectivity index (χ0n) is 18.5. The number of likely N-dealkylation sites (tertiary alicyclic amines) is 1. The van der Waals surface area contributed by atoms with Gasteiger partial charge in [0, 0.05) is 30.6 Å². The molecular weight excluding hydrogens is 402 g/mol. The number of nitro benzene ring substituents is 1. The quantitative estimate of drug-likeness (QED) is 0.546. The minimum absolute atomic E-state index is 0.0443. The van der Waals surface area contributed by atoms with E-state index >= 15 is 0 Å². The second kappa shape index (κ2) is 9.09. The molecule has 0 bridgehead atoms. The van der Waals surface area contributed by atoms with Crippen LogP contribution in [0, 0.1) is 10.1 Å². The van der Waals surface area contributed by atoms with Crippen molar-refractivity contribution in [2.45, 2.75) is 71.2 Å². The summed E-state index contributed by atoms with van der Waals surface area (Å²) in [6, 6.07) is 3.04. The van der Waals surface area contributed by atoms with Gasteiger partial charge in [0.1, 0.15) is 11.3 Å². The van der Waals surface area contributed by atoms with Crippen molar-refractivity contribution in [1.29, 1.82) is 0 Å². The van der Waals surface area contributed by atoms with Gasteiger partial charge in [-0.2, -0.15) is 5.10 Å². The first-order chi connectivity index (χ1) is 14.5. The fourth-order valence-corrected chi connectivity index (χ4v) is 3.75. The molecule has 0 radical (unpaired) electrons. The summed E-state index contributed by atoms with van der Waals surface area (Å²) in [5.41, 5.74) is 0.447. The monoisotopic (exact) mass is 433 g/mol. The van der Waals surface area contributed by atoms with Crippen molar-refractivity contribution >= 4 is 28.4 Å². The van der Waals surface area contributed by atoms with Gasteiger partial charge in [0.2, 0.25) is 0 Å². The molecule has 0 unspecified atom stereocenters. The van der Waals surface area contributed by atoms with Crippen molar-refractivity contribution in [2.75, 3.05) is 18.4 Å². The molecule has 1 amide bonds. The van der Waals surface area contributed by atoms with Gasteiger partial charge in [-0.05, 0) is 53.0 Å². The number of aliphatic hydroxyl groups excluding tert-OH is 1. The number of fused-ring (bicyclic) bond motifs is 1. The highest BCUT2D eigenvalue weighted by atomic mass is 16.6. The van der Waals surface area contributed by atoms with Crippen molar-refractivity contribution in [1.82, 2.24) is 14.7 Å². The van der Waals surface area contributed by atoms with Crippen molar-refractivity contribution in [3.05, 3.63) is 28.4 Å². The van der Waals surface area contributed by atoms with Crippen LogP contribution >= 0.6 is 0 Å². The van der Waals surface area contributed by atoms with Crippen LogP contribution in [0.4, 0.5) is 16.2 Å². The van der Waals surface area contributed by atoms with Gasteiger partial charge in [0.25, 0.3) is 5.69 Å². The Morgan fingerprint density at radius 3 is 2.81 bits per heavy atom. The summed E-state index contributed by atoms with van der Waals surface area (Å²) in [6.07, 6.45) is 3.11. The minimum atomic E-state index is -0.598. The van der Waals surface area contributed by atoms with Gasteiger partial charge in [-0.25, -0.2) is 4.79 Å². The molecule has 170 valence electrons. The first kappa shape index (κ1) is 22.8. The number of amides is 1. The Morgan fingerprint density at radius 2 is 2.16 bits per heavy atom. The molecule has 0 saturated carbocycles. The lowest BCUT2D eigenvalue weighted by Crippen LogP contribution is -2.42. The van der Waals surface area contributed by atoms with E-state index in [1.807, 2.05) is 20.8 Å². The Morgan fingerprint density at radius 1 is 1.42 bits per heavy atom. The van der Waals surface area contributed by atoms with Gasteiger partial charge in [-0.15, -0.1) is 0 Å². The molecule has 1 saturated heterocycles. The molecule has 2 N–H and O–H groups in total. The number of rotatable bonds is 5. The maximum atomic E-state index is 12.6. The molecule has 2 heterocycles. The molecule has 3 rings (SSSR count). The molecule has 1 aromatic carbocycles. The minimum Gasteiger partial charge on any atom is -0.444 e. The lowest BCUT2D eigenvalue weighted by Gasteiger charge is -2.29. The highest BCUT2D eigenvalue weighted by Crippen LogP contribution is 2.32. The second-order valence-electron chi connectivity index (χ2n) is 9.12.